The van der Waals surface area contributed by atoms with E-state index < -0.39 is 0 Å². The van der Waals surface area contributed by atoms with Crippen LogP contribution in [-0.2, 0) is 11.3 Å². The number of ether oxygens (including phenoxy) is 1. The summed E-state index contributed by atoms with van der Waals surface area (Å²) >= 11 is 0. The molecule has 1 N–H and O–H groups in total. The van der Waals surface area contributed by atoms with Crippen molar-refractivity contribution in [1.29, 1.82) is 0 Å². The van der Waals surface area contributed by atoms with Crippen LogP contribution in [0.1, 0.15) is 60.0 Å². The lowest BCUT2D eigenvalue weighted by Crippen LogP contribution is -2.39. The first-order valence-corrected chi connectivity index (χ1v) is 10.5. The summed E-state index contributed by atoms with van der Waals surface area (Å²) < 4.78 is 5.60. The first-order valence-electron chi connectivity index (χ1n) is 10.5. The highest BCUT2D eigenvalue weighted by atomic mass is 16.5. The maximum Gasteiger partial charge on any atom is 0.265 e. The highest BCUT2D eigenvalue weighted by Gasteiger charge is 2.27. The molecule has 2 aromatic carbocycles. The summed E-state index contributed by atoms with van der Waals surface area (Å²) in [6, 6.07) is 13.7. The predicted molar refractivity (Wildman–Crippen MR) is 113 cm³/mol. The number of rotatable bonds is 4. The van der Waals surface area contributed by atoms with Gasteiger partial charge in [-0.25, -0.2) is 0 Å². The number of anilines is 1. The monoisotopic (exact) mass is 392 g/mol. The third-order valence-corrected chi connectivity index (χ3v) is 5.82. The summed E-state index contributed by atoms with van der Waals surface area (Å²) in [6.45, 7) is 2.52. The fraction of sp³-hybridized carbons (Fsp3) is 0.417. The Balaban J connectivity index is 1.54. The smallest absolute Gasteiger partial charge is 0.265 e. The first-order chi connectivity index (χ1) is 14.1. The third-order valence-electron chi connectivity index (χ3n) is 5.82. The van der Waals surface area contributed by atoms with Crippen molar-refractivity contribution < 1.29 is 14.3 Å². The van der Waals surface area contributed by atoms with Crippen molar-refractivity contribution in [2.75, 3.05) is 11.5 Å². The molecule has 0 unspecified atom stereocenters. The second-order valence-electron chi connectivity index (χ2n) is 8.10. The zero-order valence-electron chi connectivity index (χ0n) is 16.9. The molecule has 0 aromatic heterocycles. The van der Waals surface area contributed by atoms with Crippen molar-refractivity contribution in [3.63, 3.8) is 0 Å². The molecule has 0 bridgehead atoms. The van der Waals surface area contributed by atoms with Gasteiger partial charge < -0.3 is 15.0 Å². The molecular formula is C24H28N2O3. The van der Waals surface area contributed by atoms with Gasteiger partial charge in [-0.15, -0.1) is 0 Å². The molecule has 152 valence electrons. The van der Waals surface area contributed by atoms with Gasteiger partial charge in [0.05, 0.1) is 12.2 Å². The molecule has 29 heavy (non-hydrogen) atoms. The Morgan fingerprint density at radius 2 is 1.79 bits per heavy atom. The molecule has 2 amide bonds. The van der Waals surface area contributed by atoms with Crippen LogP contribution in [0.3, 0.4) is 0 Å². The number of benzene rings is 2. The van der Waals surface area contributed by atoms with Crippen molar-refractivity contribution in [2.45, 2.75) is 58.0 Å². The van der Waals surface area contributed by atoms with Crippen molar-refractivity contribution in [1.82, 2.24) is 5.32 Å². The second-order valence-corrected chi connectivity index (χ2v) is 8.10. The molecule has 0 spiro atoms. The zero-order chi connectivity index (χ0) is 20.2. The van der Waals surface area contributed by atoms with Gasteiger partial charge in [0.15, 0.2) is 6.61 Å². The number of aryl methyl sites for hydroxylation is 1. The highest BCUT2D eigenvalue weighted by molar-refractivity contribution is 6.01. The Labute approximate surface area is 172 Å². The Bertz CT molecular complexity index is 883. The molecule has 1 saturated carbocycles. The number of carbonyl (C=O) groups is 2. The minimum absolute atomic E-state index is 0.0203. The maximum absolute atomic E-state index is 12.8. The van der Waals surface area contributed by atoms with Gasteiger partial charge in [0.2, 0.25) is 0 Å². The van der Waals surface area contributed by atoms with E-state index in [9.17, 15) is 9.59 Å². The minimum Gasteiger partial charge on any atom is -0.482 e. The summed E-state index contributed by atoms with van der Waals surface area (Å²) in [6.07, 6.45) is 6.91. The highest BCUT2D eigenvalue weighted by Crippen LogP contribution is 2.34. The van der Waals surface area contributed by atoms with Crippen LogP contribution < -0.4 is 15.0 Å². The van der Waals surface area contributed by atoms with E-state index in [2.05, 4.69) is 5.32 Å². The summed E-state index contributed by atoms with van der Waals surface area (Å²) in [5.41, 5.74) is 3.46. The Kier molecular flexibility index (Phi) is 5.84. The number of fused-ring (bicyclic) bond motifs is 1. The van der Waals surface area contributed by atoms with E-state index in [1.807, 2.05) is 31.2 Å². The van der Waals surface area contributed by atoms with Crippen LogP contribution in [0.2, 0.25) is 0 Å². The number of amides is 2. The first kappa shape index (κ1) is 19.5. The average molecular weight is 392 g/mol. The molecule has 1 heterocycles. The van der Waals surface area contributed by atoms with Gasteiger partial charge in [0.1, 0.15) is 5.75 Å². The fourth-order valence-corrected chi connectivity index (χ4v) is 4.09. The molecule has 5 nitrogen and oxygen atoms in total. The lowest BCUT2D eigenvalue weighted by molar-refractivity contribution is -0.121. The second kappa shape index (κ2) is 8.68. The Morgan fingerprint density at radius 3 is 2.52 bits per heavy atom. The van der Waals surface area contributed by atoms with Crippen LogP contribution in [0.5, 0.6) is 5.75 Å². The van der Waals surface area contributed by atoms with Crippen molar-refractivity contribution in [3.8, 4) is 5.75 Å². The van der Waals surface area contributed by atoms with Gasteiger partial charge >= 0.3 is 0 Å². The SMILES string of the molecule is Cc1ccc(CN2C(=O)COc3ccc(C(=O)NC4CCCCCC4)cc32)cc1. The van der Waals surface area contributed by atoms with Crippen LogP contribution in [-0.4, -0.2) is 24.5 Å². The quantitative estimate of drug-likeness (QED) is 0.786. The van der Waals surface area contributed by atoms with Gasteiger partial charge in [-0.3, -0.25) is 9.59 Å². The molecule has 1 fully saturated rings. The lowest BCUT2D eigenvalue weighted by atomic mass is 10.1. The molecule has 1 aliphatic carbocycles. The summed E-state index contributed by atoms with van der Waals surface area (Å²) in [5.74, 6) is 0.468. The molecule has 4 rings (SSSR count). The minimum atomic E-state index is -0.0978. The number of carbonyl (C=O) groups excluding carboxylic acids is 2. The number of nitrogens with one attached hydrogen (secondary N) is 1. The van der Waals surface area contributed by atoms with E-state index in [0.717, 1.165) is 18.4 Å². The van der Waals surface area contributed by atoms with E-state index in [1.54, 1.807) is 23.1 Å². The molecule has 0 saturated heterocycles. The van der Waals surface area contributed by atoms with Crippen LogP contribution in [0, 0.1) is 6.92 Å². The molecular weight excluding hydrogens is 364 g/mol. The molecule has 5 heteroatoms. The Hall–Kier alpha value is -2.82. The lowest BCUT2D eigenvalue weighted by Gasteiger charge is -2.30. The van der Waals surface area contributed by atoms with Crippen molar-refractivity contribution >= 4 is 17.5 Å². The molecule has 1 aliphatic heterocycles. The van der Waals surface area contributed by atoms with Crippen LogP contribution in [0.15, 0.2) is 42.5 Å². The number of hydrogen-bond acceptors (Lipinski definition) is 3. The van der Waals surface area contributed by atoms with E-state index >= 15 is 0 Å². The van der Waals surface area contributed by atoms with Crippen LogP contribution in [0.25, 0.3) is 0 Å². The maximum atomic E-state index is 12.8. The molecule has 0 atom stereocenters. The van der Waals surface area contributed by atoms with E-state index in [-0.39, 0.29) is 24.5 Å². The van der Waals surface area contributed by atoms with Crippen LogP contribution in [0.4, 0.5) is 5.69 Å². The third kappa shape index (κ3) is 4.61. The summed E-state index contributed by atoms with van der Waals surface area (Å²) in [7, 11) is 0. The molecule has 0 radical (unpaired) electrons. The number of nitrogens with zero attached hydrogens (tertiary/aromatic N) is 1. The van der Waals surface area contributed by atoms with Gasteiger partial charge in [0, 0.05) is 11.6 Å². The predicted octanol–water partition coefficient (Wildman–Crippen LogP) is 4.37. The van der Waals surface area contributed by atoms with Crippen LogP contribution >= 0.6 is 0 Å². The van der Waals surface area contributed by atoms with Gasteiger partial charge in [-0.05, 0) is 43.5 Å². The Morgan fingerprint density at radius 1 is 1.07 bits per heavy atom. The van der Waals surface area contributed by atoms with Gasteiger partial charge in [-0.2, -0.15) is 0 Å². The van der Waals surface area contributed by atoms with Gasteiger partial charge in [-0.1, -0.05) is 55.5 Å². The zero-order valence-corrected chi connectivity index (χ0v) is 16.9. The normalized spacial score (nSPS) is 17.3. The topological polar surface area (TPSA) is 58.6 Å². The van der Waals surface area contributed by atoms with Crippen molar-refractivity contribution in [3.05, 3.63) is 59.2 Å². The van der Waals surface area contributed by atoms with E-state index in [0.29, 0.717) is 23.5 Å². The fourth-order valence-electron chi connectivity index (χ4n) is 4.09. The van der Waals surface area contributed by atoms with E-state index in [1.165, 1.54) is 31.2 Å². The summed E-state index contributed by atoms with van der Waals surface area (Å²) in [5, 5.41) is 3.18. The summed E-state index contributed by atoms with van der Waals surface area (Å²) in [4.78, 5) is 27.1. The molecule has 2 aromatic rings. The van der Waals surface area contributed by atoms with Gasteiger partial charge in [0.25, 0.3) is 11.8 Å². The average Bonchev–Trinajstić information content (AvgIpc) is 3.00. The van der Waals surface area contributed by atoms with Crippen molar-refractivity contribution in [2.24, 2.45) is 0 Å². The van der Waals surface area contributed by atoms with E-state index in [4.69, 9.17) is 4.74 Å². The largest absolute Gasteiger partial charge is 0.482 e. The standard InChI is InChI=1S/C24H28N2O3/c1-17-8-10-18(11-9-17)15-26-21-14-19(12-13-22(21)29-16-23(26)27)24(28)25-20-6-4-2-3-5-7-20/h8-14,20H,2-7,15-16H2,1H3,(H,25,28). The number of hydrogen-bond donors (Lipinski definition) is 1. The molecule has 2 aliphatic rings.